The molecular formula is C19H27N3O2S. The lowest BCUT2D eigenvalue weighted by molar-refractivity contribution is 0.135. The quantitative estimate of drug-likeness (QED) is 0.912. The van der Waals surface area contributed by atoms with Gasteiger partial charge in [-0.15, -0.1) is 0 Å². The number of aryl methyl sites for hydroxylation is 1. The van der Waals surface area contributed by atoms with Crippen LogP contribution in [0.4, 0.5) is 0 Å². The van der Waals surface area contributed by atoms with Gasteiger partial charge in [-0.3, -0.25) is 0 Å². The van der Waals surface area contributed by atoms with Crippen LogP contribution in [0.1, 0.15) is 37.3 Å². The summed E-state index contributed by atoms with van der Waals surface area (Å²) in [6, 6.07) is 6.95. The molecule has 0 spiro atoms. The summed E-state index contributed by atoms with van der Waals surface area (Å²) in [6.45, 7) is 4.23. The summed E-state index contributed by atoms with van der Waals surface area (Å²) in [5.41, 5.74) is 4.07. The van der Waals surface area contributed by atoms with Crippen molar-refractivity contribution in [1.29, 1.82) is 0 Å². The van der Waals surface area contributed by atoms with Gasteiger partial charge in [-0.2, -0.15) is 0 Å². The van der Waals surface area contributed by atoms with Gasteiger partial charge in [0.1, 0.15) is 0 Å². The van der Waals surface area contributed by atoms with E-state index in [1.807, 2.05) is 0 Å². The first kappa shape index (κ1) is 17.1. The predicted octanol–water partition coefficient (Wildman–Crippen LogP) is 2.22. The highest BCUT2D eigenvalue weighted by Crippen LogP contribution is 2.43. The number of hydrogen-bond acceptors (Lipinski definition) is 3. The van der Waals surface area contributed by atoms with Crippen LogP contribution in [0.5, 0.6) is 0 Å². The molecule has 0 radical (unpaired) electrons. The van der Waals surface area contributed by atoms with E-state index in [4.69, 9.17) is 0 Å². The van der Waals surface area contributed by atoms with Crippen molar-refractivity contribution in [2.45, 2.75) is 49.9 Å². The van der Waals surface area contributed by atoms with E-state index in [1.54, 1.807) is 13.8 Å². The molecule has 6 heteroatoms. The molecule has 0 bridgehead atoms. The number of piperidine rings is 1. The maximum Gasteiger partial charge on any atom is 0.214 e. The second kappa shape index (κ2) is 5.83. The van der Waals surface area contributed by atoms with Crippen molar-refractivity contribution in [2.24, 2.45) is 7.05 Å². The average molecular weight is 362 g/mol. The minimum atomic E-state index is -3.25. The number of hydrogen-bond donors (Lipinski definition) is 1. The Bertz CT molecular complexity index is 916. The second-order valence-electron chi connectivity index (χ2n) is 7.97. The van der Waals surface area contributed by atoms with Crippen molar-refractivity contribution in [3.63, 3.8) is 0 Å². The van der Waals surface area contributed by atoms with Crippen molar-refractivity contribution in [2.75, 3.05) is 13.6 Å². The van der Waals surface area contributed by atoms with Gasteiger partial charge in [0.25, 0.3) is 0 Å². The molecule has 2 heterocycles. The first-order valence-electron chi connectivity index (χ1n) is 9.06. The SMILES string of the molecule is CC(C)S(=O)(=O)N[C@H]1C[C@@H]2c3cccc4c3c(cn4C)C[C@H]2N(C)C1. The molecule has 1 N–H and O–H groups in total. The zero-order valence-corrected chi connectivity index (χ0v) is 16.2. The lowest BCUT2D eigenvalue weighted by Crippen LogP contribution is -2.55. The molecule has 1 aromatic carbocycles. The van der Waals surface area contributed by atoms with Gasteiger partial charge in [-0.1, -0.05) is 12.1 Å². The van der Waals surface area contributed by atoms with E-state index in [-0.39, 0.29) is 6.04 Å². The summed E-state index contributed by atoms with van der Waals surface area (Å²) in [5, 5.41) is 0.984. The molecule has 5 nitrogen and oxygen atoms in total. The van der Waals surface area contributed by atoms with Crippen molar-refractivity contribution < 1.29 is 8.42 Å². The van der Waals surface area contributed by atoms with Gasteiger partial charge in [0.05, 0.1) is 5.25 Å². The summed E-state index contributed by atoms with van der Waals surface area (Å²) in [6.07, 6.45) is 4.17. The van der Waals surface area contributed by atoms with Crippen LogP contribution in [-0.2, 0) is 23.5 Å². The smallest absolute Gasteiger partial charge is 0.214 e. The molecule has 2 aromatic rings. The van der Waals surface area contributed by atoms with Crippen molar-refractivity contribution in [1.82, 2.24) is 14.2 Å². The van der Waals surface area contributed by atoms with Crippen LogP contribution in [0.3, 0.4) is 0 Å². The van der Waals surface area contributed by atoms with Crippen LogP contribution < -0.4 is 4.72 Å². The van der Waals surface area contributed by atoms with Crippen LogP contribution in [0.2, 0.25) is 0 Å². The van der Waals surface area contributed by atoms with Gasteiger partial charge >= 0.3 is 0 Å². The lowest BCUT2D eigenvalue weighted by Gasteiger charge is -2.45. The summed E-state index contributed by atoms with van der Waals surface area (Å²) < 4.78 is 29.8. The van der Waals surface area contributed by atoms with Crippen molar-refractivity contribution in [3.8, 4) is 0 Å². The Morgan fingerprint density at radius 2 is 2.00 bits per heavy atom. The largest absolute Gasteiger partial charge is 0.350 e. The minimum absolute atomic E-state index is 0.0285. The molecule has 1 aliphatic carbocycles. The molecule has 4 rings (SSSR count). The first-order chi connectivity index (χ1) is 11.8. The van der Waals surface area contributed by atoms with E-state index in [1.165, 1.54) is 22.0 Å². The van der Waals surface area contributed by atoms with Gasteiger partial charge in [-0.05, 0) is 50.9 Å². The zero-order chi connectivity index (χ0) is 17.9. The number of sulfonamides is 1. The third kappa shape index (κ3) is 2.71. The number of aromatic nitrogens is 1. The highest BCUT2D eigenvalue weighted by molar-refractivity contribution is 7.90. The molecule has 136 valence electrons. The van der Waals surface area contributed by atoms with E-state index >= 15 is 0 Å². The zero-order valence-electron chi connectivity index (χ0n) is 15.4. The summed E-state index contributed by atoms with van der Waals surface area (Å²) in [5.74, 6) is 0.372. The Morgan fingerprint density at radius 1 is 1.24 bits per heavy atom. The maximum atomic E-state index is 12.3. The fourth-order valence-corrected chi connectivity index (χ4v) is 5.58. The molecule has 1 aromatic heterocycles. The van der Waals surface area contributed by atoms with Crippen molar-refractivity contribution >= 4 is 20.9 Å². The molecule has 3 atom stereocenters. The molecule has 0 saturated carbocycles. The standard InChI is InChI=1S/C19H27N3O2S/c1-12(2)25(23,24)20-14-9-16-15-6-5-7-17-19(15)13(10-21(17)3)8-18(16)22(4)11-14/h5-7,10,12,14,16,18,20H,8-9,11H2,1-4H3/t14-,16+,18+/m0/s1. The fraction of sp³-hybridized carbons (Fsp3) is 0.579. The molecular weight excluding hydrogens is 334 g/mol. The van der Waals surface area contributed by atoms with Crippen LogP contribution in [0.25, 0.3) is 10.9 Å². The maximum absolute atomic E-state index is 12.3. The third-order valence-electron chi connectivity index (χ3n) is 5.98. The third-order valence-corrected chi connectivity index (χ3v) is 7.89. The van der Waals surface area contributed by atoms with E-state index in [9.17, 15) is 8.42 Å². The number of rotatable bonds is 3. The Balaban J connectivity index is 1.71. The van der Waals surface area contributed by atoms with E-state index in [0.29, 0.717) is 12.0 Å². The Labute approximate surface area is 150 Å². The highest BCUT2D eigenvalue weighted by atomic mass is 32.2. The average Bonchev–Trinajstić information content (AvgIpc) is 2.86. The highest BCUT2D eigenvalue weighted by Gasteiger charge is 2.40. The number of nitrogens with one attached hydrogen (secondary N) is 1. The molecule has 25 heavy (non-hydrogen) atoms. The first-order valence-corrected chi connectivity index (χ1v) is 10.6. The van der Waals surface area contributed by atoms with Crippen LogP contribution in [0, 0.1) is 0 Å². The number of benzene rings is 1. The number of likely N-dealkylation sites (tertiary alicyclic amines) is 1. The molecule has 0 amide bonds. The summed E-state index contributed by atoms with van der Waals surface area (Å²) in [7, 11) is 0.983. The number of likely N-dealkylation sites (N-methyl/N-ethyl adjacent to an activating group) is 1. The minimum Gasteiger partial charge on any atom is -0.350 e. The van der Waals surface area contributed by atoms with Gasteiger partial charge in [0, 0.05) is 48.7 Å². The van der Waals surface area contributed by atoms with E-state index in [2.05, 4.69) is 52.7 Å². The molecule has 1 saturated heterocycles. The molecule has 1 aliphatic heterocycles. The summed E-state index contributed by atoms with van der Waals surface area (Å²) >= 11 is 0. The molecule has 1 fully saturated rings. The Hall–Kier alpha value is -1.37. The number of fused-ring (bicyclic) bond motifs is 2. The van der Waals surface area contributed by atoms with Gasteiger partial charge in [0.15, 0.2) is 0 Å². The van der Waals surface area contributed by atoms with Crippen LogP contribution in [0.15, 0.2) is 24.4 Å². The van der Waals surface area contributed by atoms with Gasteiger partial charge < -0.3 is 9.47 Å². The van der Waals surface area contributed by atoms with Gasteiger partial charge in [-0.25, -0.2) is 13.1 Å². The Morgan fingerprint density at radius 3 is 2.72 bits per heavy atom. The molecule has 0 unspecified atom stereocenters. The fourth-order valence-electron chi connectivity index (χ4n) is 4.67. The van der Waals surface area contributed by atoms with Crippen LogP contribution >= 0.6 is 0 Å². The number of nitrogens with zero attached hydrogens (tertiary/aromatic N) is 2. The summed E-state index contributed by atoms with van der Waals surface area (Å²) in [4.78, 5) is 2.34. The van der Waals surface area contributed by atoms with Gasteiger partial charge in [0.2, 0.25) is 10.0 Å². The topological polar surface area (TPSA) is 54.3 Å². The van der Waals surface area contributed by atoms with Crippen molar-refractivity contribution in [3.05, 3.63) is 35.5 Å². The lowest BCUT2D eigenvalue weighted by atomic mass is 9.74. The predicted molar refractivity (Wildman–Crippen MR) is 101 cm³/mol. The second-order valence-corrected chi connectivity index (χ2v) is 10.2. The van der Waals surface area contributed by atoms with E-state index in [0.717, 1.165) is 19.4 Å². The monoisotopic (exact) mass is 361 g/mol. The normalized spacial score (nSPS) is 27.0. The Kier molecular flexibility index (Phi) is 3.98. The van der Waals surface area contributed by atoms with Crippen LogP contribution in [-0.4, -0.2) is 48.8 Å². The van der Waals surface area contributed by atoms with E-state index < -0.39 is 15.3 Å². The molecule has 2 aliphatic rings.